The van der Waals surface area contributed by atoms with Crippen LogP contribution >= 0.6 is 0 Å². The van der Waals surface area contributed by atoms with Gasteiger partial charge in [0.1, 0.15) is 36.6 Å². The number of aliphatic hydroxyl groups is 5. The average Bonchev–Trinajstić information content (AvgIpc) is 2.49. The van der Waals surface area contributed by atoms with E-state index in [9.17, 15) is 25.5 Å². The second kappa shape index (κ2) is 7.01. The minimum absolute atomic E-state index is 0.0996. The summed E-state index contributed by atoms with van der Waals surface area (Å²) in [5.41, 5.74) is 16.9. The van der Waals surface area contributed by atoms with Crippen LogP contribution in [0.3, 0.4) is 0 Å². The van der Waals surface area contributed by atoms with Crippen molar-refractivity contribution in [2.24, 2.45) is 17.2 Å². The van der Waals surface area contributed by atoms with Gasteiger partial charge in [0.25, 0.3) is 0 Å². The van der Waals surface area contributed by atoms with Crippen LogP contribution in [0.4, 0.5) is 0 Å². The third kappa shape index (κ3) is 3.26. The molecule has 2 rings (SSSR count). The van der Waals surface area contributed by atoms with Crippen LogP contribution in [0.1, 0.15) is 6.42 Å². The van der Waals surface area contributed by atoms with Crippen LogP contribution in [-0.4, -0.2) is 93.2 Å². The lowest BCUT2D eigenvalue weighted by molar-refractivity contribution is -0.318. The van der Waals surface area contributed by atoms with E-state index >= 15 is 0 Å². The van der Waals surface area contributed by atoms with Crippen molar-refractivity contribution in [3.63, 3.8) is 0 Å². The van der Waals surface area contributed by atoms with Gasteiger partial charge in [-0.3, -0.25) is 0 Å². The van der Waals surface area contributed by atoms with Gasteiger partial charge in [0.05, 0.1) is 6.10 Å². The SMILES string of the molecule is NC[C@@H]1O[C@@H](O[C@@H]2[C@H](O)[C@@H](O)[C@H](N)C[C@@H]2N)[C@@H](O)[C@H](O)[C@H]1O. The molecule has 0 radical (unpaired) electrons. The lowest BCUT2D eigenvalue weighted by Gasteiger charge is -2.45. The van der Waals surface area contributed by atoms with Crippen molar-refractivity contribution >= 4 is 0 Å². The first-order chi connectivity index (χ1) is 10.3. The van der Waals surface area contributed by atoms with Gasteiger partial charge in [-0.1, -0.05) is 0 Å². The molecular formula is C12H25N3O7. The average molecular weight is 323 g/mol. The molecule has 0 aromatic heterocycles. The summed E-state index contributed by atoms with van der Waals surface area (Å²) >= 11 is 0. The number of aliphatic hydroxyl groups excluding tert-OH is 5. The summed E-state index contributed by atoms with van der Waals surface area (Å²) in [4.78, 5) is 0. The van der Waals surface area contributed by atoms with Gasteiger partial charge in [-0.25, -0.2) is 0 Å². The molecule has 0 amide bonds. The highest BCUT2D eigenvalue weighted by Gasteiger charge is 2.48. The standard InChI is InChI=1S/C12H25N3O7/c13-2-5-7(17)8(18)10(20)12(21-5)22-11-4(15)1-3(14)6(16)9(11)19/h3-12,16-20H,1-2,13-15H2/t3-,4+,5+,6+,7+,8-,9-,10+,11+,12+/m1/s1. The molecule has 1 saturated heterocycles. The second-order valence-electron chi connectivity index (χ2n) is 5.90. The highest BCUT2D eigenvalue weighted by atomic mass is 16.7. The predicted octanol–water partition coefficient (Wildman–Crippen LogP) is -5.08. The summed E-state index contributed by atoms with van der Waals surface area (Å²) in [6, 6.07) is -1.38. The van der Waals surface area contributed by atoms with Crippen LogP contribution in [0.15, 0.2) is 0 Å². The van der Waals surface area contributed by atoms with Crippen LogP contribution in [0, 0.1) is 0 Å². The Hall–Kier alpha value is -0.400. The van der Waals surface area contributed by atoms with E-state index in [2.05, 4.69) is 0 Å². The maximum absolute atomic E-state index is 10.0. The molecule has 0 aromatic rings. The zero-order valence-electron chi connectivity index (χ0n) is 12.0. The summed E-state index contributed by atoms with van der Waals surface area (Å²) in [6.07, 6.45) is -10.1. The highest BCUT2D eigenvalue weighted by Crippen LogP contribution is 2.27. The van der Waals surface area contributed by atoms with Crippen molar-refractivity contribution in [1.82, 2.24) is 0 Å². The smallest absolute Gasteiger partial charge is 0.187 e. The lowest BCUT2D eigenvalue weighted by atomic mass is 9.84. The van der Waals surface area contributed by atoms with Gasteiger partial charge in [0.2, 0.25) is 0 Å². The van der Waals surface area contributed by atoms with E-state index in [0.717, 1.165) is 0 Å². The van der Waals surface area contributed by atoms with Crippen LogP contribution < -0.4 is 17.2 Å². The van der Waals surface area contributed by atoms with E-state index in [4.69, 9.17) is 26.7 Å². The van der Waals surface area contributed by atoms with Crippen LogP contribution in [-0.2, 0) is 9.47 Å². The third-order valence-electron chi connectivity index (χ3n) is 4.28. The first kappa shape index (κ1) is 17.9. The number of hydrogen-bond acceptors (Lipinski definition) is 10. The fraction of sp³-hybridized carbons (Fsp3) is 1.00. The Morgan fingerprint density at radius 1 is 0.864 bits per heavy atom. The molecule has 1 saturated carbocycles. The molecule has 130 valence electrons. The van der Waals surface area contributed by atoms with Gasteiger partial charge in [-0.05, 0) is 6.42 Å². The van der Waals surface area contributed by atoms with Gasteiger partial charge in [0, 0.05) is 18.6 Å². The highest BCUT2D eigenvalue weighted by molar-refractivity contribution is 4.99. The van der Waals surface area contributed by atoms with E-state index in [0.29, 0.717) is 0 Å². The van der Waals surface area contributed by atoms with Gasteiger partial charge in [0.15, 0.2) is 6.29 Å². The van der Waals surface area contributed by atoms with Gasteiger partial charge < -0.3 is 52.2 Å². The van der Waals surface area contributed by atoms with Crippen LogP contribution in [0.25, 0.3) is 0 Å². The quantitative estimate of drug-likeness (QED) is 0.248. The molecule has 1 aliphatic carbocycles. The van der Waals surface area contributed by atoms with Crippen LogP contribution in [0.5, 0.6) is 0 Å². The fourth-order valence-corrected chi connectivity index (χ4v) is 2.85. The van der Waals surface area contributed by atoms with Crippen molar-refractivity contribution < 1.29 is 35.0 Å². The molecule has 11 N–H and O–H groups in total. The molecular weight excluding hydrogens is 298 g/mol. The summed E-state index contributed by atoms with van der Waals surface area (Å²) in [7, 11) is 0. The Morgan fingerprint density at radius 3 is 2.09 bits per heavy atom. The minimum atomic E-state index is -1.55. The Morgan fingerprint density at radius 2 is 1.50 bits per heavy atom. The van der Waals surface area contributed by atoms with E-state index in [-0.39, 0.29) is 13.0 Å². The monoisotopic (exact) mass is 323 g/mol. The molecule has 10 heteroatoms. The topological polar surface area (TPSA) is 198 Å². The van der Waals surface area contributed by atoms with E-state index in [1.54, 1.807) is 0 Å². The minimum Gasteiger partial charge on any atom is -0.389 e. The maximum Gasteiger partial charge on any atom is 0.187 e. The number of rotatable bonds is 3. The first-order valence-corrected chi connectivity index (χ1v) is 7.20. The normalized spacial score (nSPS) is 53.5. The Kier molecular flexibility index (Phi) is 5.72. The van der Waals surface area contributed by atoms with Crippen molar-refractivity contribution in [3.05, 3.63) is 0 Å². The molecule has 10 atom stereocenters. The molecule has 1 heterocycles. The second-order valence-corrected chi connectivity index (χ2v) is 5.90. The summed E-state index contributed by atoms with van der Waals surface area (Å²) in [5.74, 6) is 0. The molecule has 2 fully saturated rings. The first-order valence-electron chi connectivity index (χ1n) is 7.20. The molecule has 0 aromatic carbocycles. The largest absolute Gasteiger partial charge is 0.389 e. The van der Waals surface area contributed by atoms with Gasteiger partial charge in [-0.15, -0.1) is 0 Å². The number of nitrogens with two attached hydrogens (primary N) is 3. The molecule has 0 bridgehead atoms. The van der Waals surface area contributed by atoms with Crippen LogP contribution in [0.2, 0.25) is 0 Å². The number of hydrogen-bond donors (Lipinski definition) is 8. The van der Waals surface area contributed by atoms with Gasteiger partial charge in [-0.2, -0.15) is 0 Å². The zero-order valence-corrected chi connectivity index (χ0v) is 12.0. The molecule has 10 nitrogen and oxygen atoms in total. The Bertz CT molecular complexity index is 375. The molecule has 0 unspecified atom stereocenters. The maximum atomic E-state index is 10.0. The summed E-state index contributed by atoms with van der Waals surface area (Å²) in [5, 5.41) is 49.3. The summed E-state index contributed by atoms with van der Waals surface area (Å²) < 4.78 is 10.8. The lowest BCUT2D eigenvalue weighted by Crippen LogP contribution is -2.65. The molecule has 2 aliphatic rings. The van der Waals surface area contributed by atoms with E-state index in [1.165, 1.54) is 0 Å². The van der Waals surface area contributed by atoms with Crippen molar-refractivity contribution in [1.29, 1.82) is 0 Å². The van der Waals surface area contributed by atoms with Crippen molar-refractivity contribution in [2.45, 2.75) is 67.5 Å². The predicted molar refractivity (Wildman–Crippen MR) is 73.2 cm³/mol. The Labute approximate surface area is 127 Å². The van der Waals surface area contributed by atoms with Crippen molar-refractivity contribution in [2.75, 3.05) is 6.54 Å². The molecule has 22 heavy (non-hydrogen) atoms. The Balaban J connectivity index is 2.08. The zero-order chi connectivity index (χ0) is 16.6. The third-order valence-corrected chi connectivity index (χ3v) is 4.28. The molecule has 1 aliphatic heterocycles. The van der Waals surface area contributed by atoms with Crippen molar-refractivity contribution in [3.8, 4) is 0 Å². The fourth-order valence-electron chi connectivity index (χ4n) is 2.85. The summed E-state index contributed by atoms with van der Waals surface area (Å²) in [6.45, 7) is -0.0996. The van der Waals surface area contributed by atoms with E-state index in [1.807, 2.05) is 0 Å². The molecule has 0 spiro atoms. The number of ether oxygens (including phenoxy) is 2. The van der Waals surface area contributed by atoms with E-state index < -0.39 is 61.1 Å². The van der Waals surface area contributed by atoms with Gasteiger partial charge >= 0.3 is 0 Å².